The SMILES string of the molecule is COc1ccc(-c2nnc(Cc3nc(-c4ccccc4C)no3)o2)cc1. The van der Waals surface area contributed by atoms with Crippen LogP contribution >= 0.6 is 0 Å². The van der Waals surface area contributed by atoms with E-state index in [4.69, 9.17) is 13.7 Å². The molecule has 0 atom stereocenters. The van der Waals surface area contributed by atoms with Gasteiger partial charge in [-0.3, -0.25) is 0 Å². The highest BCUT2D eigenvalue weighted by atomic mass is 16.5. The lowest BCUT2D eigenvalue weighted by molar-refractivity contribution is 0.374. The predicted octanol–water partition coefficient (Wildman–Crippen LogP) is 3.69. The Labute approximate surface area is 149 Å². The molecule has 26 heavy (non-hydrogen) atoms. The number of aryl methyl sites for hydroxylation is 1. The van der Waals surface area contributed by atoms with Gasteiger partial charge in [-0.15, -0.1) is 10.2 Å². The maximum atomic E-state index is 5.70. The molecule has 4 rings (SSSR count). The van der Waals surface area contributed by atoms with E-state index in [1.54, 1.807) is 7.11 Å². The van der Waals surface area contributed by atoms with Gasteiger partial charge in [0.25, 0.3) is 0 Å². The van der Waals surface area contributed by atoms with Gasteiger partial charge in [-0.25, -0.2) is 0 Å². The molecule has 2 aromatic heterocycles. The number of nitrogens with zero attached hydrogens (tertiary/aromatic N) is 4. The van der Waals surface area contributed by atoms with Gasteiger partial charge in [0.2, 0.25) is 23.5 Å². The molecular weight excluding hydrogens is 332 g/mol. The zero-order valence-corrected chi connectivity index (χ0v) is 14.3. The van der Waals surface area contributed by atoms with Gasteiger partial charge in [0.05, 0.1) is 7.11 Å². The summed E-state index contributed by atoms with van der Waals surface area (Å²) in [5, 5.41) is 12.2. The van der Waals surface area contributed by atoms with Crippen LogP contribution in [-0.2, 0) is 6.42 Å². The quantitative estimate of drug-likeness (QED) is 0.543. The van der Waals surface area contributed by atoms with Crippen LogP contribution in [0.25, 0.3) is 22.8 Å². The second kappa shape index (κ2) is 6.79. The summed E-state index contributed by atoms with van der Waals surface area (Å²) in [6.07, 6.45) is 0.280. The van der Waals surface area contributed by atoms with Gasteiger partial charge < -0.3 is 13.7 Å². The molecule has 0 saturated carbocycles. The molecule has 7 heteroatoms. The lowest BCUT2D eigenvalue weighted by Crippen LogP contribution is -1.89. The molecule has 0 radical (unpaired) electrons. The standard InChI is InChI=1S/C19H16N4O3/c1-12-5-3-4-6-15(12)18-20-16(26-23-18)11-17-21-22-19(25-17)13-7-9-14(24-2)10-8-13/h3-10H,11H2,1-2H3. The van der Waals surface area contributed by atoms with Crippen molar-refractivity contribution >= 4 is 0 Å². The summed E-state index contributed by atoms with van der Waals surface area (Å²) in [5.74, 6) is 2.58. The number of rotatable bonds is 5. The molecule has 130 valence electrons. The van der Waals surface area contributed by atoms with Crippen LogP contribution in [0.5, 0.6) is 5.75 Å². The van der Waals surface area contributed by atoms with Crippen molar-refractivity contribution in [2.75, 3.05) is 7.11 Å². The first kappa shape index (κ1) is 16.0. The van der Waals surface area contributed by atoms with E-state index < -0.39 is 0 Å². The lowest BCUT2D eigenvalue weighted by Gasteiger charge is -1.99. The molecule has 0 saturated heterocycles. The van der Waals surface area contributed by atoms with Gasteiger partial charge in [-0.1, -0.05) is 29.4 Å². The monoisotopic (exact) mass is 348 g/mol. The molecule has 0 fully saturated rings. The number of ether oxygens (including phenoxy) is 1. The van der Waals surface area contributed by atoms with Gasteiger partial charge in [0, 0.05) is 11.1 Å². The van der Waals surface area contributed by atoms with Crippen LogP contribution in [0.1, 0.15) is 17.3 Å². The lowest BCUT2D eigenvalue weighted by atomic mass is 10.1. The molecule has 7 nitrogen and oxygen atoms in total. The third-order valence-electron chi connectivity index (χ3n) is 3.96. The fraction of sp³-hybridized carbons (Fsp3) is 0.158. The van der Waals surface area contributed by atoms with Crippen molar-refractivity contribution in [3.63, 3.8) is 0 Å². The van der Waals surface area contributed by atoms with E-state index in [9.17, 15) is 0 Å². The average Bonchev–Trinajstić information content (AvgIpc) is 3.32. The van der Waals surface area contributed by atoms with E-state index >= 15 is 0 Å². The third kappa shape index (κ3) is 3.19. The predicted molar refractivity (Wildman–Crippen MR) is 93.6 cm³/mol. The van der Waals surface area contributed by atoms with Gasteiger partial charge >= 0.3 is 0 Å². The fourth-order valence-corrected chi connectivity index (χ4v) is 2.56. The highest BCUT2D eigenvalue weighted by Crippen LogP contribution is 2.23. The number of benzene rings is 2. The van der Waals surface area contributed by atoms with Crippen LogP contribution in [0, 0.1) is 6.92 Å². The van der Waals surface area contributed by atoms with Crippen molar-refractivity contribution in [3.8, 4) is 28.6 Å². The number of hydrogen-bond acceptors (Lipinski definition) is 7. The van der Waals surface area contributed by atoms with Crippen molar-refractivity contribution in [1.82, 2.24) is 20.3 Å². The molecule has 0 spiro atoms. The van der Waals surface area contributed by atoms with Crippen molar-refractivity contribution in [1.29, 1.82) is 0 Å². The largest absolute Gasteiger partial charge is 0.497 e. The van der Waals surface area contributed by atoms with Crippen molar-refractivity contribution in [2.45, 2.75) is 13.3 Å². The zero-order chi connectivity index (χ0) is 17.9. The molecular formula is C19H16N4O3. The van der Waals surface area contributed by atoms with Crippen LogP contribution < -0.4 is 4.74 Å². The van der Waals surface area contributed by atoms with Crippen LogP contribution in [0.3, 0.4) is 0 Å². The van der Waals surface area contributed by atoms with Crippen molar-refractivity contribution < 1.29 is 13.7 Å². The highest BCUT2D eigenvalue weighted by molar-refractivity contribution is 5.59. The summed E-state index contributed by atoms with van der Waals surface area (Å²) in [4.78, 5) is 4.42. The first-order valence-corrected chi connectivity index (χ1v) is 8.08. The summed E-state index contributed by atoms with van der Waals surface area (Å²) in [6, 6.07) is 15.3. The van der Waals surface area contributed by atoms with Crippen LogP contribution in [-0.4, -0.2) is 27.4 Å². The zero-order valence-electron chi connectivity index (χ0n) is 14.3. The van der Waals surface area contributed by atoms with Crippen LogP contribution in [0.15, 0.2) is 57.5 Å². The van der Waals surface area contributed by atoms with Gasteiger partial charge in [-0.05, 0) is 36.8 Å². The molecule has 0 amide bonds. The molecule has 4 aromatic rings. The molecule has 0 N–H and O–H groups in total. The maximum Gasteiger partial charge on any atom is 0.247 e. The number of methoxy groups -OCH3 is 1. The van der Waals surface area contributed by atoms with E-state index in [1.807, 2.05) is 55.5 Å². The van der Waals surface area contributed by atoms with Crippen molar-refractivity contribution in [2.24, 2.45) is 0 Å². The second-order valence-electron chi connectivity index (χ2n) is 5.73. The molecule has 2 aromatic carbocycles. The van der Waals surface area contributed by atoms with Gasteiger partial charge in [-0.2, -0.15) is 4.98 Å². The van der Waals surface area contributed by atoms with Crippen LogP contribution in [0.2, 0.25) is 0 Å². The Kier molecular flexibility index (Phi) is 4.18. The summed E-state index contributed by atoms with van der Waals surface area (Å²) in [6.45, 7) is 2.00. The normalized spacial score (nSPS) is 10.8. The molecule has 0 aliphatic carbocycles. The Morgan fingerprint density at radius 1 is 0.962 bits per heavy atom. The Bertz CT molecular complexity index is 1020. The second-order valence-corrected chi connectivity index (χ2v) is 5.73. The van der Waals surface area contributed by atoms with Gasteiger partial charge in [0.1, 0.15) is 12.2 Å². The first-order chi connectivity index (χ1) is 12.7. The minimum Gasteiger partial charge on any atom is -0.497 e. The Morgan fingerprint density at radius 2 is 1.77 bits per heavy atom. The smallest absolute Gasteiger partial charge is 0.247 e. The van der Waals surface area contributed by atoms with E-state index in [-0.39, 0.29) is 6.42 Å². The fourth-order valence-electron chi connectivity index (χ4n) is 2.56. The summed E-state index contributed by atoms with van der Waals surface area (Å²) < 4.78 is 16.2. The minimum atomic E-state index is 0.280. The molecule has 0 unspecified atom stereocenters. The first-order valence-electron chi connectivity index (χ1n) is 8.08. The average molecular weight is 348 g/mol. The van der Waals surface area contributed by atoms with E-state index in [2.05, 4.69) is 20.3 Å². The summed E-state index contributed by atoms with van der Waals surface area (Å²) >= 11 is 0. The minimum absolute atomic E-state index is 0.280. The maximum absolute atomic E-state index is 5.70. The summed E-state index contributed by atoms with van der Waals surface area (Å²) in [7, 11) is 1.62. The Morgan fingerprint density at radius 3 is 2.54 bits per heavy atom. The number of aromatic nitrogens is 4. The summed E-state index contributed by atoms with van der Waals surface area (Å²) in [5.41, 5.74) is 2.84. The Balaban J connectivity index is 1.52. The highest BCUT2D eigenvalue weighted by Gasteiger charge is 2.15. The van der Waals surface area contributed by atoms with E-state index in [1.165, 1.54) is 0 Å². The van der Waals surface area contributed by atoms with E-state index in [0.29, 0.717) is 23.5 Å². The molecule has 2 heterocycles. The number of hydrogen-bond donors (Lipinski definition) is 0. The van der Waals surface area contributed by atoms with Crippen LogP contribution in [0.4, 0.5) is 0 Å². The van der Waals surface area contributed by atoms with Crippen molar-refractivity contribution in [3.05, 3.63) is 65.9 Å². The molecule has 0 aliphatic rings. The Hall–Kier alpha value is -3.48. The third-order valence-corrected chi connectivity index (χ3v) is 3.96. The molecule has 0 bridgehead atoms. The molecule has 0 aliphatic heterocycles. The topological polar surface area (TPSA) is 87.1 Å². The van der Waals surface area contributed by atoms with Gasteiger partial charge in [0.15, 0.2) is 0 Å². The van der Waals surface area contributed by atoms with E-state index in [0.717, 1.165) is 22.4 Å².